The second-order valence-electron chi connectivity index (χ2n) is 3.77. The van der Waals surface area contributed by atoms with Gasteiger partial charge in [0.1, 0.15) is 0 Å². The maximum Gasteiger partial charge on any atom is 0.0512 e. The molecule has 0 aliphatic carbocycles. The maximum atomic E-state index is 9.20. The van der Waals surface area contributed by atoms with E-state index in [0.717, 1.165) is 12.8 Å². The fraction of sp³-hybridized carbons (Fsp3) is 0.818. The smallest absolute Gasteiger partial charge is 0.0512 e. The average molecular weight is 186 g/mol. The molecule has 2 N–H and O–H groups in total. The van der Waals surface area contributed by atoms with Crippen LogP contribution in [0, 0.1) is 5.41 Å². The molecule has 0 aliphatic rings. The van der Waals surface area contributed by atoms with Gasteiger partial charge in [-0.05, 0) is 12.8 Å². The van der Waals surface area contributed by atoms with Gasteiger partial charge in [-0.1, -0.05) is 32.3 Å². The van der Waals surface area contributed by atoms with Crippen LogP contribution < -0.4 is 0 Å². The molecule has 2 nitrogen and oxygen atoms in total. The van der Waals surface area contributed by atoms with Gasteiger partial charge in [0.25, 0.3) is 0 Å². The van der Waals surface area contributed by atoms with Crippen LogP contribution in [-0.2, 0) is 0 Å². The molecule has 0 saturated carbocycles. The van der Waals surface area contributed by atoms with Crippen molar-refractivity contribution in [2.24, 2.45) is 5.41 Å². The molecule has 0 aromatic heterocycles. The zero-order valence-electron chi connectivity index (χ0n) is 8.63. The zero-order valence-corrected chi connectivity index (χ0v) is 8.63. The van der Waals surface area contributed by atoms with Crippen molar-refractivity contribution in [1.29, 1.82) is 0 Å². The quantitative estimate of drug-likeness (QED) is 0.450. The third-order valence-corrected chi connectivity index (χ3v) is 2.56. The summed E-state index contributed by atoms with van der Waals surface area (Å²) in [6.45, 7) is 5.90. The van der Waals surface area contributed by atoms with Crippen molar-refractivity contribution in [1.82, 2.24) is 0 Å². The minimum absolute atomic E-state index is 0.0548. The number of allylic oxidation sites excluding steroid dienone is 1. The summed E-state index contributed by atoms with van der Waals surface area (Å²) in [5.74, 6) is 0. The molecule has 2 heteroatoms. The molecular weight excluding hydrogens is 164 g/mol. The van der Waals surface area contributed by atoms with E-state index in [9.17, 15) is 10.2 Å². The molecule has 0 radical (unpaired) electrons. The number of hydrogen-bond acceptors (Lipinski definition) is 2. The lowest BCUT2D eigenvalue weighted by atomic mass is 9.81. The minimum atomic E-state index is -0.322. The molecule has 0 rings (SSSR count). The maximum absolute atomic E-state index is 9.20. The number of aliphatic hydroxyl groups is 2. The second kappa shape index (κ2) is 7.10. The highest BCUT2D eigenvalue weighted by molar-refractivity contribution is 4.85. The molecule has 0 saturated heterocycles. The number of hydrogen-bond donors (Lipinski definition) is 2. The molecular formula is C11H22O2. The van der Waals surface area contributed by atoms with Gasteiger partial charge in [-0.25, -0.2) is 0 Å². The van der Waals surface area contributed by atoms with Gasteiger partial charge in [0, 0.05) is 5.41 Å². The van der Waals surface area contributed by atoms with Crippen molar-refractivity contribution in [2.75, 3.05) is 13.2 Å². The SMILES string of the molecule is C=CCC(CO)(CO)CCCCC. The van der Waals surface area contributed by atoms with Gasteiger partial charge in [-0.2, -0.15) is 0 Å². The third-order valence-electron chi connectivity index (χ3n) is 2.56. The monoisotopic (exact) mass is 186 g/mol. The van der Waals surface area contributed by atoms with E-state index in [1.807, 2.05) is 0 Å². The van der Waals surface area contributed by atoms with E-state index < -0.39 is 0 Å². The summed E-state index contributed by atoms with van der Waals surface area (Å²) in [5.41, 5.74) is -0.322. The van der Waals surface area contributed by atoms with Crippen molar-refractivity contribution in [3.63, 3.8) is 0 Å². The fourth-order valence-electron chi connectivity index (χ4n) is 1.50. The van der Waals surface area contributed by atoms with Crippen molar-refractivity contribution >= 4 is 0 Å². The van der Waals surface area contributed by atoms with Crippen molar-refractivity contribution in [3.05, 3.63) is 12.7 Å². The molecule has 0 atom stereocenters. The fourth-order valence-corrected chi connectivity index (χ4v) is 1.50. The van der Waals surface area contributed by atoms with E-state index in [2.05, 4.69) is 13.5 Å². The summed E-state index contributed by atoms with van der Waals surface area (Å²) in [6.07, 6.45) is 6.77. The van der Waals surface area contributed by atoms with Crippen LogP contribution in [0.5, 0.6) is 0 Å². The number of aliphatic hydroxyl groups excluding tert-OH is 2. The summed E-state index contributed by atoms with van der Waals surface area (Å²) >= 11 is 0. The Balaban J connectivity index is 3.96. The van der Waals surface area contributed by atoms with Crippen LogP contribution in [0.2, 0.25) is 0 Å². The molecule has 0 unspecified atom stereocenters. The molecule has 0 aromatic rings. The van der Waals surface area contributed by atoms with Gasteiger partial charge in [0.15, 0.2) is 0 Å². The summed E-state index contributed by atoms with van der Waals surface area (Å²) in [5, 5.41) is 18.4. The Morgan fingerprint density at radius 2 is 1.85 bits per heavy atom. The van der Waals surface area contributed by atoms with E-state index >= 15 is 0 Å². The Bertz CT molecular complexity index is 128. The molecule has 0 bridgehead atoms. The van der Waals surface area contributed by atoms with Gasteiger partial charge in [0.05, 0.1) is 13.2 Å². The van der Waals surface area contributed by atoms with Crippen molar-refractivity contribution in [2.45, 2.75) is 39.0 Å². The van der Waals surface area contributed by atoms with Crippen molar-refractivity contribution < 1.29 is 10.2 Å². The Hall–Kier alpha value is -0.340. The van der Waals surface area contributed by atoms with Crippen LogP contribution >= 0.6 is 0 Å². The van der Waals surface area contributed by atoms with Gasteiger partial charge < -0.3 is 10.2 Å². The van der Waals surface area contributed by atoms with Crippen LogP contribution in [0.3, 0.4) is 0 Å². The normalized spacial score (nSPS) is 11.6. The lowest BCUT2D eigenvalue weighted by molar-refractivity contribution is 0.0474. The summed E-state index contributed by atoms with van der Waals surface area (Å²) in [6, 6.07) is 0. The molecule has 0 aromatic carbocycles. The Labute approximate surface area is 81.3 Å². The highest BCUT2D eigenvalue weighted by Gasteiger charge is 2.26. The van der Waals surface area contributed by atoms with Crippen LogP contribution in [-0.4, -0.2) is 23.4 Å². The van der Waals surface area contributed by atoms with E-state index in [-0.39, 0.29) is 18.6 Å². The molecule has 0 amide bonds. The van der Waals surface area contributed by atoms with E-state index in [4.69, 9.17) is 0 Å². The molecule has 0 heterocycles. The molecule has 0 aliphatic heterocycles. The topological polar surface area (TPSA) is 40.5 Å². The summed E-state index contributed by atoms with van der Waals surface area (Å²) in [7, 11) is 0. The summed E-state index contributed by atoms with van der Waals surface area (Å²) < 4.78 is 0. The van der Waals surface area contributed by atoms with Gasteiger partial charge in [-0.15, -0.1) is 6.58 Å². The number of rotatable bonds is 8. The van der Waals surface area contributed by atoms with Crippen LogP contribution in [0.4, 0.5) is 0 Å². The summed E-state index contributed by atoms with van der Waals surface area (Å²) in [4.78, 5) is 0. The third kappa shape index (κ3) is 4.44. The van der Waals surface area contributed by atoms with Gasteiger partial charge in [0.2, 0.25) is 0 Å². The van der Waals surface area contributed by atoms with Crippen molar-refractivity contribution in [3.8, 4) is 0 Å². The predicted octanol–water partition coefficient (Wildman–Crippen LogP) is 2.11. The second-order valence-corrected chi connectivity index (χ2v) is 3.77. The Morgan fingerprint density at radius 3 is 2.23 bits per heavy atom. The van der Waals surface area contributed by atoms with E-state index in [1.54, 1.807) is 6.08 Å². The largest absolute Gasteiger partial charge is 0.396 e. The lowest BCUT2D eigenvalue weighted by Crippen LogP contribution is -2.29. The standard InChI is InChI=1S/C11H22O2/c1-3-5-6-8-11(9-12,10-13)7-4-2/h4,12-13H,2-3,5-10H2,1H3. The molecule has 13 heavy (non-hydrogen) atoms. The first-order valence-corrected chi connectivity index (χ1v) is 5.07. The van der Waals surface area contributed by atoms with Crippen LogP contribution in [0.25, 0.3) is 0 Å². The lowest BCUT2D eigenvalue weighted by Gasteiger charge is -2.28. The zero-order chi connectivity index (χ0) is 10.2. The van der Waals surface area contributed by atoms with Gasteiger partial charge >= 0.3 is 0 Å². The first-order valence-electron chi connectivity index (χ1n) is 5.07. The van der Waals surface area contributed by atoms with E-state index in [0.29, 0.717) is 6.42 Å². The highest BCUT2D eigenvalue weighted by Crippen LogP contribution is 2.28. The molecule has 0 spiro atoms. The first-order chi connectivity index (χ1) is 6.24. The molecule has 0 fully saturated rings. The van der Waals surface area contributed by atoms with Crippen LogP contribution in [0.1, 0.15) is 39.0 Å². The molecule has 78 valence electrons. The minimum Gasteiger partial charge on any atom is -0.396 e. The predicted molar refractivity (Wildman–Crippen MR) is 55.6 cm³/mol. The Morgan fingerprint density at radius 1 is 1.23 bits per heavy atom. The average Bonchev–Trinajstić information content (AvgIpc) is 2.17. The highest BCUT2D eigenvalue weighted by atomic mass is 16.3. The van der Waals surface area contributed by atoms with Crippen LogP contribution in [0.15, 0.2) is 12.7 Å². The Kier molecular flexibility index (Phi) is 6.92. The first kappa shape index (κ1) is 12.7. The number of unbranched alkanes of at least 4 members (excludes halogenated alkanes) is 2. The van der Waals surface area contributed by atoms with Gasteiger partial charge in [-0.3, -0.25) is 0 Å². The van der Waals surface area contributed by atoms with E-state index in [1.165, 1.54) is 12.8 Å².